The molecule has 142 valence electrons. The van der Waals surface area contributed by atoms with Gasteiger partial charge in [0.05, 0.1) is 11.0 Å². The second kappa shape index (κ2) is 8.48. The van der Waals surface area contributed by atoms with Crippen LogP contribution in [-0.2, 0) is 10.0 Å². The molecule has 0 amide bonds. The minimum atomic E-state index is -3.67. The summed E-state index contributed by atoms with van der Waals surface area (Å²) in [6.07, 6.45) is 3.88. The lowest BCUT2D eigenvalue weighted by Gasteiger charge is -2.36. The molecule has 0 radical (unpaired) electrons. The molecular weight excluding hydrogens is 348 g/mol. The standard InChI is InChI=1S/C20H28N2O3S/c1-2-17-10-5-6-13-22(17)15-18(23)14-21-26(24,25)20-12-7-9-16-8-3-4-11-19(16)20/h3-4,7-9,11-12,17-18,21,23H,2,5-6,10,13-15H2,1H3/t17-,18+/m0/s1. The minimum Gasteiger partial charge on any atom is -0.390 e. The van der Waals surface area contributed by atoms with E-state index < -0.39 is 16.1 Å². The number of aliphatic hydroxyl groups is 1. The SMILES string of the molecule is CC[C@H]1CCCCN1C[C@H](O)CNS(=O)(=O)c1cccc2ccccc12. The molecule has 0 saturated carbocycles. The van der Waals surface area contributed by atoms with Gasteiger partial charge in [-0.15, -0.1) is 0 Å². The topological polar surface area (TPSA) is 69.6 Å². The van der Waals surface area contributed by atoms with Gasteiger partial charge in [-0.1, -0.05) is 49.7 Å². The first-order chi connectivity index (χ1) is 12.5. The summed E-state index contributed by atoms with van der Waals surface area (Å²) in [5, 5.41) is 11.9. The highest BCUT2D eigenvalue weighted by Gasteiger charge is 2.24. The molecule has 1 aliphatic heterocycles. The van der Waals surface area contributed by atoms with Crippen LogP contribution in [0.4, 0.5) is 0 Å². The van der Waals surface area contributed by atoms with Gasteiger partial charge in [-0.25, -0.2) is 13.1 Å². The molecule has 1 saturated heterocycles. The maximum absolute atomic E-state index is 12.7. The fraction of sp³-hybridized carbons (Fsp3) is 0.500. The van der Waals surface area contributed by atoms with Gasteiger partial charge in [0.15, 0.2) is 0 Å². The molecular formula is C20H28N2O3S. The third kappa shape index (κ3) is 4.43. The van der Waals surface area contributed by atoms with Crippen LogP contribution < -0.4 is 4.72 Å². The quantitative estimate of drug-likeness (QED) is 0.780. The van der Waals surface area contributed by atoms with Crippen LogP contribution in [0.5, 0.6) is 0 Å². The molecule has 1 heterocycles. The number of hydrogen-bond donors (Lipinski definition) is 2. The fourth-order valence-electron chi connectivity index (χ4n) is 3.81. The van der Waals surface area contributed by atoms with Crippen molar-refractivity contribution in [2.75, 3.05) is 19.6 Å². The second-order valence-electron chi connectivity index (χ2n) is 7.04. The highest BCUT2D eigenvalue weighted by molar-refractivity contribution is 7.89. The van der Waals surface area contributed by atoms with Crippen molar-refractivity contribution in [1.29, 1.82) is 0 Å². The van der Waals surface area contributed by atoms with Crippen LogP contribution in [0.15, 0.2) is 47.4 Å². The van der Waals surface area contributed by atoms with Gasteiger partial charge in [0, 0.05) is 24.5 Å². The number of sulfonamides is 1. The van der Waals surface area contributed by atoms with Gasteiger partial charge in [0.25, 0.3) is 0 Å². The summed E-state index contributed by atoms with van der Waals surface area (Å²) in [4.78, 5) is 2.55. The zero-order valence-corrected chi connectivity index (χ0v) is 16.1. The Kier molecular flexibility index (Phi) is 6.29. The first-order valence-electron chi connectivity index (χ1n) is 9.41. The van der Waals surface area contributed by atoms with Gasteiger partial charge in [-0.2, -0.15) is 0 Å². The number of nitrogens with one attached hydrogen (secondary N) is 1. The number of likely N-dealkylation sites (tertiary alicyclic amines) is 1. The van der Waals surface area contributed by atoms with E-state index in [1.807, 2.05) is 24.3 Å². The van der Waals surface area contributed by atoms with Gasteiger partial charge in [0.1, 0.15) is 0 Å². The van der Waals surface area contributed by atoms with E-state index in [2.05, 4.69) is 16.5 Å². The van der Waals surface area contributed by atoms with Crippen LogP contribution in [0, 0.1) is 0 Å². The Morgan fingerprint density at radius 1 is 1.19 bits per heavy atom. The van der Waals surface area contributed by atoms with E-state index in [-0.39, 0.29) is 11.4 Å². The molecule has 0 unspecified atom stereocenters. The molecule has 2 atom stereocenters. The lowest BCUT2D eigenvalue weighted by Crippen LogP contribution is -2.46. The monoisotopic (exact) mass is 376 g/mol. The second-order valence-corrected chi connectivity index (χ2v) is 8.77. The van der Waals surface area contributed by atoms with Crippen molar-refractivity contribution in [3.63, 3.8) is 0 Å². The number of aliphatic hydroxyl groups excluding tert-OH is 1. The summed E-state index contributed by atoms with van der Waals surface area (Å²) in [6, 6.07) is 13.2. The summed E-state index contributed by atoms with van der Waals surface area (Å²) in [7, 11) is -3.67. The first kappa shape index (κ1) is 19.3. The molecule has 2 aromatic carbocycles. The molecule has 1 aliphatic rings. The third-order valence-electron chi connectivity index (χ3n) is 5.21. The van der Waals surface area contributed by atoms with Gasteiger partial charge >= 0.3 is 0 Å². The average molecular weight is 377 g/mol. The van der Waals surface area contributed by atoms with Crippen molar-refractivity contribution in [1.82, 2.24) is 9.62 Å². The van der Waals surface area contributed by atoms with Crippen LogP contribution in [0.25, 0.3) is 10.8 Å². The van der Waals surface area contributed by atoms with E-state index in [1.54, 1.807) is 18.2 Å². The molecule has 26 heavy (non-hydrogen) atoms. The molecule has 0 aliphatic carbocycles. The van der Waals surface area contributed by atoms with Crippen molar-refractivity contribution in [2.45, 2.75) is 49.6 Å². The smallest absolute Gasteiger partial charge is 0.241 e. The number of rotatable bonds is 7. The van der Waals surface area contributed by atoms with Crippen LogP contribution in [0.2, 0.25) is 0 Å². The molecule has 5 nitrogen and oxygen atoms in total. The predicted molar refractivity (Wildman–Crippen MR) is 105 cm³/mol. The van der Waals surface area contributed by atoms with E-state index in [0.717, 1.165) is 31.2 Å². The molecule has 3 rings (SSSR count). The summed E-state index contributed by atoms with van der Waals surface area (Å²) < 4.78 is 28.0. The molecule has 6 heteroatoms. The van der Waals surface area contributed by atoms with Crippen molar-refractivity contribution < 1.29 is 13.5 Å². The Hall–Kier alpha value is -1.47. The van der Waals surface area contributed by atoms with E-state index in [9.17, 15) is 13.5 Å². The summed E-state index contributed by atoms with van der Waals surface area (Å²) >= 11 is 0. The van der Waals surface area contributed by atoms with Gasteiger partial charge in [-0.3, -0.25) is 4.90 Å². The Labute approximate surface area is 156 Å². The van der Waals surface area contributed by atoms with Crippen LogP contribution in [0.3, 0.4) is 0 Å². The lowest BCUT2D eigenvalue weighted by atomic mass is 9.99. The van der Waals surface area contributed by atoms with Crippen LogP contribution >= 0.6 is 0 Å². The normalized spacial score (nSPS) is 20.3. The molecule has 0 spiro atoms. The number of fused-ring (bicyclic) bond motifs is 1. The highest BCUT2D eigenvalue weighted by Crippen LogP contribution is 2.23. The maximum Gasteiger partial charge on any atom is 0.241 e. The zero-order valence-electron chi connectivity index (χ0n) is 15.3. The number of hydrogen-bond acceptors (Lipinski definition) is 4. The average Bonchev–Trinajstić information content (AvgIpc) is 2.66. The van der Waals surface area contributed by atoms with Crippen LogP contribution in [0.1, 0.15) is 32.6 Å². The molecule has 2 N–H and O–H groups in total. The lowest BCUT2D eigenvalue weighted by molar-refractivity contribution is 0.0683. The van der Waals surface area contributed by atoms with E-state index >= 15 is 0 Å². The summed E-state index contributed by atoms with van der Waals surface area (Å²) in [6.45, 7) is 3.68. The van der Waals surface area contributed by atoms with Crippen molar-refractivity contribution >= 4 is 20.8 Å². The first-order valence-corrected chi connectivity index (χ1v) is 10.9. The Morgan fingerprint density at radius 2 is 1.96 bits per heavy atom. The number of piperidine rings is 1. The van der Waals surface area contributed by atoms with E-state index in [1.165, 1.54) is 6.42 Å². The molecule has 0 aromatic heterocycles. The molecule has 0 bridgehead atoms. The van der Waals surface area contributed by atoms with E-state index in [4.69, 9.17) is 0 Å². The van der Waals surface area contributed by atoms with Gasteiger partial charge in [-0.05, 0) is 37.3 Å². The van der Waals surface area contributed by atoms with Crippen LogP contribution in [-0.4, -0.2) is 50.2 Å². The third-order valence-corrected chi connectivity index (χ3v) is 6.70. The maximum atomic E-state index is 12.7. The van der Waals surface area contributed by atoms with Crippen molar-refractivity contribution in [3.05, 3.63) is 42.5 Å². The predicted octanol–water partition coefficient (Wildman–Crippen LogP) is 2.74. The molecule has 2 aromatic rings. The Bertz CT molecular complexity index is 833. The molecule has 1 fully saturated rings. The number of benzene rings is 2. The van der Waals surface area contributed by atoms with E-state index in [0.29, 0.717) is 18.0 Å². The minimum absolute atomic E-state index is 0.0263. The van der Waals surface area contributed by atoms with Gasteiger partial charge in [0.2, 0.25) is 10.0 Å². The highest BCUT2D eigenvalue weighted by atomic mass is 32.2. The summed E-state index contributed by atoms with van der Waals surface area (Å²) in [5.74, 6) is 0. The van der Waals surface area contributed by atoms with Crippen molar-refractivity contribution in [3.8, 4) is 0 Å². The largest absolute Gasteiger partial charge is 0.390 e. The van der Waals surface area contributed by atoms with Crippen molar-refractivity contribution in [2.24, 2.45) is 0 Å². The zero-order chi connectivity index (χ0) is 18.6. The van der Waals surface area contributed by atoms with Gasteiger partial charge < -0.3 is 5.11 Å². The Morgan fingerprint density at radius 3 is 2.77 bits per heavy atom. The number of β-amino-alcohol motifs (C(OH)–C–C–N with tert-alkyl or cyclic N) is 1. The summed E-state index contributed by atoms with van der Waals surface area (Å²) in [5.41, 5.74) is 0. The fourth-order valence-corrected chi connectivity index (χ4v) is 5.11. The Balaban J connectivity index is 1.66. The number of nitrogens with zero attached hydrogens (tertiary/aromatic N) is 1.